The van der Waals surface area contributed by atoms with Crippen molar-refractivity contribution in [2.75, 3.05) is 71.5 Å². The van der Waals surface area contributed by atoms with E-state index in [0.29, 0.717) is 56.4 Å². The third-order valence-electron chi connectivity index (χ3n) is 12.0. The van der Waals surface area contributed by atoms with Crippen LogP contribution in [0.15, 0.2) is 48.6 Å². The summed E-state index contributed by atoms with van der Waals surface area (Å²) < 4.78 is 18.7. The summed E-state index contributed by atoms with van der Waals surface area (Å²) in [5, 5.41) is 22.8. The highest BCUT2D eigenvalue weighted by molar-refractivity contribution is 6.30. The minimum Gasteiger partial charge on any atom is -0.490 e. The summed E-state index contributed by atoms with van der Waals surface area (Å²) in [6, 6.07) is 11.3. The number of anilines is 1. The number of likely N-dealkylation sites (tertiary alicyclic amines) is 1. The summed E-state index contributed by atoms with van der Waals surface area (Å²) in [6.45, 7) is 5.63. The third kappa shape index (κ3) is 6.89. The van der Waals surface area contributed by atoms with Gasteiger partial charge in [-0.15, -0.1) is 0 Å². The molecule has 270 valence electrons. The standard InChI is InChI=1S/C39H50ClN3O7/c1-41-15-4-3-7-34(49-17-16-42-22-30(23-42)48-2)31-11-8-27(31)21-43-24-38(14-5-6-26-18-29(40)10-12-32(26)38)25-50-35-13-9-28(19-33(35)43)39(47,37(45)46)20-36(41)44/h3,7,9-10,12-13,18-19,27,30-31,34,47H,4-6,8,11,14-17,20-25H2,1-2H3,(H,45,46)/b7-3+/t27-,31+,34-,38-,39+/m0/s1. The van der Waals surface area contributed by atoms with Crippen LogP contribution in [0.5, 0.6) is 5.75 Å². The van der Waals surface area contributed by atoms with E-state index in [0.717, 1.165) is 69.0 Å². The molecule has 11 heteroatoms. The molecule has 1 spiro atoms. The van der Waals surface area contributed by atoms with E-state index in [-0.39, 0.29) is 17.1 Å². The smallest absolute Gasteiger partial charge is 0.340 e. The van der Waals surface area contributed by atoms with E-state index in [9.17, 15) is 19.8 Å². The first kappa shape index (κ1) is 35.3. The first-order valence-corrected chi connectivity index (χ1v) is 18.5. The minimum absolute atomic E-state index is 0.0557. The molecule has 50 heavy (non-hydrogen) atoms. The Morgan fingerprint density at radius 3 is 2.74 bits per heavy atom. The average Bonchev–Trinajstić information content (AvgIpc) is 3.21. The highest BCUT2D eigenvalue weighted by Gasteiger charge is 2.46. The number of hydrogen-bond donors (Lipinski definition) is 2. The Morgan fingerprint density at radius 1 is 1.14 bits per heavy atom. The Kier molecular flexibility index (Phi) is 10.2. The fourth-order valence-corrected chi connectivity index (χ4v) is 8.88. The number of rotatable bonds is 6. The van der Waals surface area contributed by atoms with Crippen LogP contribution in [0.25, 0.3) is 0 Å². The van der Waals surface area contributed by atoms with Gasteiger partial charge in [0.1, 0.15) is 5.75 Å². The van der Waals surface area contributed by atoms with Crippen LogP contribution in [-0.4, -0.2) is 111 Å². The number of amides is 1. The number of methoxy groups -OCH3 is 1. The first-order chi connectivity index (χ1) is 24.1. The van der Waals surface area contributed by atoms with Gasteiger partial charge in [0, 0.05) is 63.9 Å². The fourth-order valence-electron chi connectivity index (χ4n) is 8.68. The van der Waals surface area contributed by atoms with Crippen LogP contribution in [0.2, 0.25) is 5.02 Å². The van der Waals surface area contributed by atoms with Gasteiger partial charge in [-0.1, -0.05) is 35.9 Å². The van der Waals surface area contributed by atoms with E-state index >= 15 is 0 Å². The summed E-state index contributed by atoms with van der Waals surface area (Å²) >= 11 is 6.46. The zero-order chi connectivity index (χ0) is 35.0. The molecule has 2 aromatic rings. The maximum atomic E-state index is 13.4. The number of halogens is 1. The molecule has 3 heterocycles. The molecule has 3 aliphatic heterocycles. The van der Waals surface area contributed by atoms with Gasteiger partial charge in [0.05, 0.1) is 37.5 Å². The summed E-state index contributed by atoms with van der Waals surface area (Å²) in [5.74, 6) is -0.600. The Bertz CT molecular complexity index is 1610. The summed E-state index contributed by atoms with van der Waals surface area (Å²) in [4.78, 5) is 32.3. The number of fused-ring (bicyclic) bond motifs is 4. The monoisotopic (exact) mass is 707 g/mol. The van der Waals surface area contributed by atoms with Crippen molar-refractivity contribution in [1.82, 2.24) is 9.80 Å². The summed E-state index contributed by atoms with van der Waals surface area (Å²) in [5.41, 5.74) is 0.722. The number of ether oxygens (including phenoxy) is 3. The molecule has 1 amide bonds. The van der Waals surface area contributed by atoms with Gasteiger partial charge in [0.2, 0.25) is 5.91 Å². The number of hydrogen-bond acceptors (Lipinski definition) is 8. The molecule has 2 aliphatic carbocycles. The van der Waals surface area contributed by atoms with Crippen molar-refractivity contribution in [2.24, 2.45) is 11.8 Å². The molecule has 0 radical (unpaired) electrons. The van der Waals surface area contributed by atoms with E-state index in [1.54, 1.807) is 32.4 Å². The Hall–Kier alpha value is -3.15. The van der Waals surface area contributed by atoms with Crippen LogP contribution >= 0.6 is 11.6 Å². The van der Waals surface area contributed by atoms with E-state index in [2.05, 4.69) is 34.1 Å². The Balaban J connectivity index is 1.24. The number of aliphatic carboxylic acids is 1. The van der Waals surface area contributed by atoms with Crippen LogP contribution in [0, 0.1) is 11.8 Å². The van der Waals surface area contributed by atoms with Gasteiger partial charge >= 0.3 is 5.97 Å². The van der Waals surface area contributed by atoms with E-state index in [1.807, 2.05) is 6.07 Å². The number of carboxylic acid groups (broad SMARTS) is 1. The van der Waals surface area contributed by atoms with Crippen LogP contribution in [0.4, 0.5) is 5.69 Å². The van der Waals surface area contributed by atoms with Gasteiger partial charge in [0.15, 0.2) is 5.60 Å². The van der Waals surface area contributed by atoms with E-state index < -0.39 is 23.9 Å². The van der Waals surface area contributed by atoms with Crippen molar-refractivity contribution in [3.63, 3.8) is 0 Å². The maximum Gasteiger partial charge on any atom is 0.340 e. The van der Waals surface area contributed by atoms with Crippen molar-refractivity contribution in [3.05, 3.63) is 70.3 Å². The largest absolute Gasteiger partial charge is 0.490 e. The van der Waals surface area contributed by atoms with Gasteiger partial charge in [-0.05, 0) is 91.3 Å². The lowest BCUT2D eigenvalue weighted by molar-refractivity contribution is -0.164. The predicted octanol–water partition coefficient (Wildman–Crippen LogP) is 4.64. The summed E-state index contributed by atoms with van der Waals surface area (Å²) in [6.07, 6.45) is 9.55. The molecule has 1 saturated heterocycles. The van der Waals surface area contributed by atoms with Crippen LogP contribution in [-0.2, 0) is 36.5 Å². The van der Waals surface area contributed by atoms with Crippen molar-refractivity contribution < 1.29 is 34.0 Å². The lowest BCUT2D eigenvalue weighted by atomic mass is 9.68. The highest BCUT2D eigenvalue weighted by atomic mass is 35.5. The SMILES string of the molecule is COC1CN(CCO[C@H]2/C=C/CCN(C)C(=O)C[C@](O)(C(=O)O)c3ccc4c(c3)N(C[C@@H]3CC[C@H]32)C[C@@]2(CCCc3cc(Cl)ccc32)CO4)C1. The minimum atomic E-state index is -2.39. The van der Waals surface area contributed by atoms with Crippen molar-refractivity contribution in [1.29, 1.82) is 0 Å². The van der Waals surface area contributed by atoms with Crippen molar-refractivity contribution in [3.8, 4) is 5.75 Å². The zero-order valence-electron chi connectivity index (χ0n) is 29.2. The molecule has 7 rings (SSSR count). The van der Waals surface area contributed by atoms with E-state index in [4.69, 9.17) is 25.8 Å². The normalized spacial score (nSPS) is 31.1. The van der Waals surface area contributed by atoms with Crippen molar-refractivity contribution >= 4 is 29.2 Å². The average molecular weight is 708 g/mol. The summed E-state index contributed by atoms with van der Waals surface area (Å²) in [7, 11) is 3.41. The fraction of sp³-hybridized carbons (Fsp3) is 0.590. The molecule has 2 bridgehead atoms. The number of carboxylic acids is 1. The first-order valence-electron chi connectivity index (χ1n) is 18.1. The van der Waals surface area contributed by atoms with Gasteiger partial charge in [0.25, 0.3) is 0 Å². The topological polar surface area (TPSA) is 112 Å². The molecule has 2 N–H and O–H groups in total. The zero-order valence-corrected chi connectivity index (χ0v) is 29.9. The quantitative estimate of drug-likeness (QED) is 0.415. The number of carbonyl (C=O) groups excluding carboxylic acids is 1. The Labute approximate surface area is 299 Å². The molecule has 5 atom stereocenters. The lowest BCUT2D eigenvalue weighted by Crippen LogP contribution is -2.53. The van der Waals surface area contributed by atoms with Crippen LogP contribution in [0.1, 0.15) is 55.2 Å². The second-order valence-electron chi connectivity index (χ2n) is 15.1. The second kappa shape index (κ2) is 14.5. The lowest BCUT2D eigenvalue weighted by Gasteiger charge is -2.46. The Morgan fingerprint density at radius 2 is 1.98 bits per heavy atom. The third-order valence-corrected chi connectivity index (χ3v) is 12.2. The second-order valence-corrected chi connectivity index (χ2v) is 15.6. The molecule has 10 nitrogen and oxygen atoms in total. The molecule has 0 unspecified atom stereocenters. The number of aryl methyl sites for hydroxylation is 1. The number of benzene rings is 2. The maximum absolute atomic E-state index is 13.4. The van der Waals surface area contributed by atoms with Gasteiger partial charge in [-0.2, -0.15) is 0 Å². The predicted molar refractivity (Wildman–Crippen MR) is 191 cm³/mol. The molecular formula is C39H50ClN3O7. The van der Waals surface area contributed by atoms with Crippen molar-refractivity contribution in [2.45, 2.75) is 68.2 Å². The number of aliphatic hydroxyl groups is 1. The number of nitrogens with zero attached hydrogens (tertiary/aromatic N) is 3. The van der Waals surface area contributed by atoms with Gasteiger partial charge in [-0.3, -0.25) is 9.69 Å². The van der Waals surface area contributed by atoms with Crippen LogP contribution < -0.4 is 9.64 Å². The number of carbonyl (C=O) groups is 2. The van der Waals surface area contributed by atoms with Gasteiger partial charge in [-0.25, -0.2) is 4.79 Å². The molecule has 1 saturated carbocycles. The van der Waals surface area contributed by atoms with Gasteiger partial charge < -0.3 is 34.2 Å². The molecular weight excluding hydrogens is 658 g/mol. The molecule has 2 aromatic carbocycles. The molecule has 2 fully saturated rings. The van der Waals surface area contributed by atoms with E-state index in [1.165, 1.54) is 16.0 Å². The molecule has 5 aliphatic rings. The van der Waals surface area contributed by atoms with Crippen LogP contribution in [0.3, 0.4) is 0 Å². The molecule has 0 aromatic heterocycles. The highest BCUT2D eigenvalue weighted by Crippen LogP contribution is 2.48.